The summed E-state index contributed by atoms with van der Waals surface area (Å²) in [7, 11) is -0.413. The molecule has 5 rings (SSSR count). The third kappa shape index (κ3) is 5.39. The molecule has 0 nitrogen and oxygen atoms in total. The lowest BCUT2D eigenvalue weighted by atomic mass is 9.99. The lowest BCUT2D eigenvalue weighted by molar-refractivity contribution is 0.482. The van der Waals surface area contributed by atoms with E-state index in [1.165, 1.54) is 74.8 Å². The molecule has 0 unspecified atom stereocenters. The molecule has 0 N–H and O–H groups in total. The number of hydrogen-bond acceptors (Lipinski definition) is 0. The van der Waals surface area contributed by atoms with Crippen LogP contribution in [0.25, 0.3) is 0 Å². The van der Waals surface area contributed by atoms with Crippen LogP contribution in [0.3, 0.4) is 0 Å². The third-order valence-corrected chi connectivity index (χ3v) is 14.6. The van der Waals surface area contributed by atoms with Crippen molar-refractivity contribution in [2.45, 2.75) is 94.5 Å². The van der Waals surface area contributed by atoms with E-state index in [2.05, 4.69) is 79.7 Å². The molecule has 1 atom stereocenters. The van der Waals surface area contributed by atoms with Crippen molar-refractivity contribution in [3.05, 3.63) is 83.7 Å². The molecule has 33 heavy (non-hydrogen) atoms. The zero-order valence-corrected chi connectivity index (χ0v) is 22.1. The Morgan fingerprint density at radius 1 is 0.667 bits per heavy atom. The zero-order valence-electron chi connectivity index (χ0n) is 20.3. The topological polar surface area (TPSA) is 0 Å². The van der Waals surface area contributed by atoms with Crippen molar-refractivity contribution in [3.8, 4) is 0 Å². The summed E-state index contributed by atoms with van der Waals surface area (Å²) in [4.78, 5) is 0. The predicted molar refractivity (Wildman–Crippen MR) is 150 cm³/mol. The van der Waals surface area contributed by atoms with Crippen LogP contribution in [-0.4, -0.2) is 17.0 Å². The molecule has 3 aliphatic rings. The van der Waals surface area contributed by atoms with E-state index in [1.54, 1.807) is 10.9 Å². The number of hydrogen-bond donors (Lipinski definition) is 0. The first-order valence-electron chi connectivity index (χ1n) is 13.4. The Labute approximate surface area is 204 Å². The molecule has 2 aromatic rings. The maximum atomic E-state index is 2.64. The van der Waals surface area contributed by atoms with Crippen molar-refractivity contribution >= 4 is 26.5 Å². The van der Waals surface area contributed by atoms with Gasteiger partial charge in [0, 0.05) is 5.66 Å². The second kappa shape index (κ2) is 11.5. The summed E-state index contributed by atoms with van der Waals surface area (Å²) in [6.45, 7) is 2.64. The second-order valence-electron chi connectivity index (χ2n) is 10.2. The minimum atomic E-state index is -0.456. The van der Waals surface area contributed by atoms with Crippen LogP contribution in [0.5, 0.6) is 0 Å². The highest BCUT2D eigenvalue weighted by molar-refractivity contribution is 7.76. The van der Waals surface area contributed by atoms with E-state index in [9.17, 15) is 0 Å². The molecule has 0 heterocycles. The smallest absolute Gasteiger partial charge is 0.00217 e. The molecule has 2 aromatic carbocycles. The quantitative estimate of drug-likeness (QED) is 0.352. The second-order valence-corrected chi connectivity index (χ2v) is 15.6. The number of benzene rings is 2. The van der Waals surface area contributed by atoms with E-state index in [0.717, 1.165) is 23.4 Å². The van der Waals surface area contributed by atoms with Crippen molar-refractivity contribution in [1.29, 1.82) is 0 Å². The van der Waals surface area contributed by atoms with Gasteiger partial charge in [-0.15, -0.1) is 0 Å². The lowest BCUT2D eigenvalue weighted by Crippen LogP contribution is -2.26. The molecule has 2 saturated carbocycles. The van der Waals surface area contributed by atoms with E-state index >= 15 is 0 Å². The molecular weight excluding hydrogens is 434 g/mol. The monoisotopic (exact) mass is 474 g/mol. The standard InChI is InChI=1S/C31H40P2/c1-25(32(26-15-6-2-7-16-26)27-17-8-3-9-18-27)30-23-14-24-31(30)33(28-19-10-4-11-20-28)29-21-12-5-13-22-29/h4-5,10-14,19-23,25-27H,2-3,6-9,15-18,24H2,1H3/t25-/m1/s1. The predicted octanol–water partition coefficient (Wildman–Crippen LogP) is 8.87. The highest BCUT2D eigenvalue weighted by atomic mass is 31.1. The molecule has 2 fully saturated rings. The first-order chi connectivity index (χ1) is 16.3. The fourth-order valence-corrected chi connectivity index (χ4v) is 13.7. The minimum Gasteiger partial charge on any atom is -0.0929 e. The normalized spacial score (nSPS) is 21.3. The molecule has 174 valence electrons. The molecule has 0 aromatic heterocycles. The fraction of sp³-hybridized carbons (Fsp3) is 0.484. The lowest BCUT2D eigenvalue weighted by Gasteiger charge is -2.43. The van der Waals surface area contributed by atoms with Crippen LogP contribution in [0.4, 0.5) is 0 Å². The fourth-order valence-electron chi connectivity index (χ4n) is 6.58. The first-order valence-corrected chi connectivity index (χ1v) is 16.3. The average Bonchev–Trinajstić information content (AvgIpc) is 3.36. The Morgan fingerprint density at radius 2 is 1.15 bits per heavy atom. The van der Waals surface area contributed by atoms with E-state index in [-0.39, 0.29) is 7.92 Å². The van der Waals surface area contributed by atoms with Gasteiger partial charge in [0.2, 0.25) is 0 Å². The Bertz CT molecular complexity index is 876. The van der Waals surface area contributed by atoms with Gasteiger partial charge in [-0.05, 0) is 72.8 Å². The highest BCUT2D eigenvalue weighted by Crippen LogP contribution is 2.62. The van der Waals surface area contributed by atoms with Gasteiger partial charge >= 0.3 is 0 Å². The summed E-state index contributed by atoms with van der Waals surface area (Å²) in [5.74, 6) is 0. The average molecular weight is 475 g/mol. The molecule has 3 aliphatic carbocycles. The summed E-state index contributed by atoms with van der Waals surface area (Å²) >= 11 is 0. The Hall–Kier alpha value is -1.22. The van der Waals surface area contributed by atoms with Crippen LogP contribution in [0, 0.1) is 0 Å². The Kier molecular flexibility index (Phi) is 8.18. The molecule has 2 heteroatoms. The van der Waals surface area contributed by atoms with Gasteiger partial charge < -0.3 is 0 Å². The molecule has 0 bridgehead atoms. The SMILES string of the molecule is C[C@H](C1=C(P(c2ccccc2)c2ccccc2)CC=C1)P(C1CCCCC1)C1CCCCC1. The number of rotatable bonds is 7. The van der Waals surface area contributed by atoms with E-state index in [1.807, 2.05) is 0 Å². The van der Waals surface area contributed by atoms with Crippen molar-refractivity contribution in [2.75, 3.05) is 0 Å². The summed E-state index contributed by atoms with van der Waals surface area (Å²) in [5.41, 5.74) is 4.50. The molecule has 0 spiro atoms. The van der Waals surface area contributed by atoms with Crippen molar-refractivity contribution < 1.29 is 0 Å². The third-order valence-electron chi connectivity index (χ3n) is 8.13. The van der Waals surface area contributed by atoms with Crippen molar-refractivity contribution in [1.82, 2.24) is 0 Å². The van der Waals surface area contributed by atoms with Gasteiger partial charge in [0.1, 0.15) is 0 Å². The maximum Gasteiger partial charge on any atom is 0.00217 e. The molecule has 0 aliphatic heterocycles. The highest BCUT2D eigenvalue weighted by Gasteiger charge is 2.37. The van der Waals surface area contributed by atoms with Gasteiger partial charge in [-0.1, -0.05) is 126 Å². The van der Waals surface area contributed by atoms with Gasteiger partial charge in [0.05, 0.1) is 0 Å². The van der Waals surface area contributed by atoms with Crippen LogP contribution in [0.1, 0.15) is 77.6 Å². The van der Waals surface area contributed by atoms with Crippen LogP contribution in [-0.2, 0) is 0 Å². The summed E-state index contributed by atoms with van der Waals surface area (Å²) in [6, 6.07) is 22.8. The molecule has 0 radical (unpaired) electrons. The van der Waals surface area contributed by atoms with Crippen LogP contribution in [0.2, 0.25) is 0 Å². The van der Waals surface area contributed by atoms with E-state index in [0.29, 0.717) is 0 Å². The van der Waals surface area contributed by atoms with Gasteiger partial charge in [-0.25, -0.2) is 0 Å². The summed E-state index contributed by atoms with van der Waals surface area (Å²) < 4.78 is 0. The van der Waals surface area contributed by atoms with Crippen LogP contribution >= 0.6 is 15.8 Å². The summed E-state index contributed by atoms with van der Waals surface area (Å²) in [5, 5.41) is 4.78. The van der Waals surface area contributed by atoms with E-state index < -0.39 is 7.92 Å². The number of allylic oxidation sites excluding steroid dienone is 4. The van der Waals surface area contributed by atoms with Crippen LogP contribution in [0.15, 0.2) is 83.7 Å². The van der Waals surface area contributed by atoms with Crippen molar-refractivity contribution in [3.63, 3.8) is 0 Å². The van der Waals surface area contributed by atoms with Gasteiger partial charge in [-0.3, -0.25) is 0 Å². The van der Waals surface area contributed by atoms with Crippen LogP contribution < -0.4 is 10.6 Å². The Morgan fingerprint density at radius 3 is 1.64 bits per heavy atom. The van der Waals surface area contributed by atoms with Gasteiger partial charge in [-0.2, -0.15) is 0 Å². The molecule has 0 saturated heterocycles. The maximum absolute atomic E-state index is 2.64. The Balaban J connectivity index is 1.54. The molecule has 0 amide bonds. The van der Waals surface area contributed by atoms with Gasteiger partial charge in [0.25, 0.3) is 0 Å². The first kappa shape index (κ1) is 23.5. The largest absolute Gasteiger partial charge is 0.0929 e. The zero-order chi connectivity index (χ0) is 22.5. The molecular formula is C31H40P2. The minimum absolute atomic E-state index is 0.0428. The summed E-state index contributed by atoms with van der Waals surface area (Å²) in [6.07, 6.45) is 21.1. The van der Waals surface area contributed by atoms with Gasteiger partial charge in [0.15, 0.2) is 0 Å². The van der Waals surface area contributed by atoms with Crippen molar-refractivity contribution in [2.24, 2.45) is 0 Å². The van der Waals surface area contributed by atoms with E-state index in [4.69, 9.17) is 0 Å².